The van der Waals surface area contributed by atoms with Crippen LogP contribution in [0.5, 0.6) is 0 Å². The lowest BCUT2D eigenvalue weighted by molar-refractivity contribution is 0.436. The molecule has 0 aromatic carbocycles. The molecule has 1 rings (SSSR count). The second kappa shape index (κ2) is 2.51. The SMILES string of the molecule is CCC1CC(C)C1=NC. The number of hydrogen-bond donors (Lipinski definition) is 0. The Morgan fingerprint density at radius 2 is 2.33 bits per heavy atom. The second-order valence-electron chi connectivity index (χ2n) is 2.89. The largest absolute Gasteiger partial charge is 0.297 e. The molecule has 1 heteroatoms. The Kier molecular flexibility index (Phi) is 1.89. The molecule has 0 aromatic heterocycles. The second-order valence-corrected chi connectivity index (χ2v) is 2.89. The summed E-state index contributed by atoms with van der Waals surface area (Å²) in [5.41, 5.74) is 1.44. The minimum atomic E-state index is 0.778. The molecular formula is C8H15N. The van der Waals surface area contributed by atoms with Crippen LogP contribution in [0.1, 0.15) is 26.7 Å². The average molecular weight is 125 g/mol. The van der Waals surface area contributed by atoms with Crippen LogP contribution in [0.4, 0.5) is 0 Å². The lowest BCUT2D eigenvalue weighted by Crippen LogP contribution is -2.34. The predicted molar refractivity (Wildman–Crippen MR) is 40.9 cm³/mol. The number of aliphatic imine (C=N–C) groups is 1. The predicted octanol–water partition coefficient (Wildman–Crippen LogP) is 2.12. The Bertz CT molecular complexity index is 127. The van der Waals surface area contributed by atoms with Crippen molar-refractivity contribution in [1.82, 2.24) is 0 Å². The maximum atomic E-state index is 4.24. The van der Waals surface area contributed by atoms with Gasteiger partial charge in [-0.25, -0.2) is 0 Å². The number of nitrogens with zero attached hydrogens (tertiary/aromatic N) is 1. The summed E-state index contributed by atoms with van der Waals surface area (Å²) in [6.45, 7) is 4.50. The van der Waals surface area contributed by atoms with E-state index in [0.29, 0.717) is 0 Å². The summed E-state index contributed by atoms with van der Waals surface area (Å²) >= 11 is 0. The Labute approximate surface area is 57.2 Å². The van der Waals surface area contributed by atoms with E-state index in [0.717, 1.165) is 11.8 Å². The first-order valence-corrected chi connectivity index (χ1v) is 3.76. The highest BCUT2D eigenvalue weighted by Gasteiger charge is 2.30. The highest BCUT2D eigenvalue weighted by molar-refractivity contribution is 5.93. The van der Waals surface area contributed by atoms with Crippen molar-refractivity contribution in [3.05, 3.63) is 0 Å². The lowest BCUT2D eigenvalue weighted by atomic mass is 9.72. The molecule has 0 bridgehead atoms. The van der Waals surface area contributed by atoms with Gasteiger partial charge in [0.05, 0.1) is 0 Å². The van der Waals surface area contributed by atoms with Crippen molar-refractivity contribution in [2.45, 2.75) is 26.7 Å². The van der Waals surface area contributed by atoms with Crippen molar-refractivity contribution in [3.63, 3.8) is 0 Å². The molecule has 1 aliphatic rings. The van der Waals surface area contributed by atoms with E-state index in [-0.39, 0.29) is 0 Å². The van der Waals surface area contributed by atoms with E-state index in [9.17, 15) is 0 Å². The van der Waals surface area contributed by atoms with Gasteiger partial charge in [0.25, 0.3) is 0 Å². The smallest absolute Gasteiger partial charge is 0.0276 e. The fourth-order valence-corrected chi connectivity index (χ4v) is 1.69. The van der Waals surface area contributed by atoms with Crippen LogP contribution < -0.4 is 0 Å². The number of rotatable bonds is 1. The van der Waals surface area contributed by atoms with Crippen LogP contribution in [0.25, 0.3) is 0 Å². The molecular weight excluding hydrogens is 110 g/mol. The maximum Gasteiger partial charge on any atom is 0.0276 e. The molecule has 0 amide bonds. The van der Waals surface area contributed by atoms with Gasteiger partial charge in [-0.15, -0.1) is 0 Å². The van der Waals surface area contributed by atoms with Crippen molar-refractivity contribution < 1.29 is 0 Å². The molecule has 0 aromatic rings. The van der Waals surface area contributed by atoms with Crippen LogP contribution in [0, 0.1) is 11.8 Å². The first-order valence-electron chi connectivity index (χ1n) is 3.76. The maximum absolute atomic E-state index is 4.24. The van der Waals surface area contributed by atoms with E-state index >= 15 is 0 Å². The Hall–Kier alpha value is -0.330. The summed E-state index contributed by atoms with van der Waals surface area (Å²) in [6, 6.07) is 0. The Balaban J connectivity index is 2.48. The van der Waals surface area contributed by atoms with Gasteiger partial charge in [0.15, 0.2) is 0 Å². The van der Waals surface area contributed by atoms with Crippen molar-refractivity contribution in [2.24, 2.45) is 16.8 Å². The summed E-state index contributed by atoms with van der Waals surface area (Å²) in [6.07, 6.45) is 2.64. The Morgan fingerprint density at radius 3 is 2.56 bits per heavy atom. The van der Waals surface area contributed by atoms with Crippen LogP contribution in [0.3, 0.4) is 0 Å². The van der Waals surface area contributed by atoms with Gasteiger partial charge >= 0.3 is 0 Å². The normalized spacial score (nSPS) is 38.8. The Morgan fingerprint density at radius 1 is 1.67 bits per heavy atom. The summed E-state index contributed by atoms with van der Waals surface area (Å²) in [5, 5.41) is 0. The van der Waals surface area contributed by atoms with Crippen molar-refractivity contribution in [2.75, 3.05) is 7.05 Å². The van der Waals surface area contributed by atoms with Gasteiger partial charge in [0.1, 0.15) is 0 Å². The summed E-state index contributed by atoms with van der Waals surface area (Å²) in [4.78, 5) is 4.24. The minimum Gasteiger partial charge on any atom is -0.297 e. The van der Waals surface area contributed by atoms with E-state index < -0.39 is 0 Å². The average Bonchev–Trinajstić information content (AvgIpc) is 1.83. The monoisotopic (exact) mass is 125 g/mol. The third-order valence-electron chi connectivity index (χ3n) is 2.31. The molecule has 2 unspecified atom stereocenters. The van der Waals surface area contributed by atoms with Crippen LogP contribution in [0.2, 0.25) is 0 Å². The van der Waals surface area contributed by atoms with Gasteiger partial charge in [-0.3, -0.25) is 4.99 Å². The van der Waals surface area contributed by atoms with E-state index in [1.54, 1.807) is 0 Å². The molecule has 0 radical (unpaired) electrons. The lowest BCUT2D eigenvalue weighted by Gasteiger charge is -2.34. The molecule has 1 aliphatic carbocycles. The van der Waals surface area contributed by atoms with Gasteiger partial charge in [-0.1, -0.05) is 13.8 Å². The summed E-state index contributed by atoms with van der Waals surface area (Å²) in [5.74, 6) is 1.60. The van der Waals surface area contributed by atoms with Gasteiger partial charge in [-0.05, 0) is 24.7 Å². The molecule has 0 saturated heterocycles. The summed E-state index contributed by atoms with van der Waals surface area (Å²) < 4.78 is 0. The molecule has 0 heterocycles. The summed E-state index contributed by atoms with van der Waals surface area (Å²) in [7, 11) is 1.91. The third-order valence-corrected chi connectivity index (χ3v) is 2.31. The van der Waals surface area contributed by atoms with Gasteiger partial charge in [-0.2, -0.15) is 0 Å². The first kappa shape index (κ1) is 6.79. The van der Waals surface area contributed by atoms with E-state index in [1.165, 1.54) is 18.6 Å². The molecule has 0 spiro atoms. The molecule has 9 heavy (non-hydrogen) atoms. The van der Waals surface area contributed by atoms with E-state index in [1.807, 2.05) is 7.05 Å². The highest BCUT2D eigenvalue weighted by atomic mass is 14.7. The van der Waals surface area contributed by atoms with Crippen molar-refractivity contribution in [1.29, 1.82) is 0 Å². The quantitative estimate of drug-likeness (QED) is 0.509. The third kappa shape index (κ3) is 1.00. The molecule has 52 valence electrons. The topological polar surface area (TPSA) is 12.4 Å². The number of hydrogen-bond acceptors (Lipinski definition) is 1. The minimum absolute atomic E-state index is 0.778. The van der Waals surface area contributed by atoms with Gasteiger partial charge in [0, 0.05) is 12.8 Å². The van der Waals surface area contributed by atoms with Crippen LogP contribution in [-0.4, -0.2) is 12.8 Å². The van der Waals surface area contributed by atoms with Gasteiger partial charge in [0.2, 0.25) is 0 Å². The molecule has 1 fully saturated rings. The zero-order valence-corrected chi connectivity index (χ0v) is 6.52. The molecule has 1 nitrogen and oxygen atoms in total. The first-order chi connectivity index (χ1) is 4.29. The van der Waals surface area contributed by atoms with E-state index in [2.05, 4.69) is 18.8 Å². The van der Waals surface area contributed by atoms with Crippen molar-refractivity contribution in [3.8, 4) is 0 Å². The molecule has 2 atom stereocenters. The zero-order valence-electron chi connectivity index (χ0n) is 6.52. The molecule has 0 N–H and O–H groups in total. The molecule has 1 saturated carbocycles. The molecule has 0 aliphatic heterocycles. The fraction of sp³-hybridized carbons (Fsp3) is 0.875. The van der Waals surface area contributed by atoms with E-state index in [4.69, 9.17) is 0 Å². The van der Waals surface area contributed by atoms with Crippen molar-refractivity contribution >= 4 is 5.71 Å². The van der Waals surface area contributed by atoms with Crippen LogP contribution in [0.15, 0.2) is 4.99 Å². The standard InChI is InChI=1S/C8H15N/c1-4-7-5-6(2)8(7)9-3/h6-7H,4-5H2,1-3H3. The van der Waals surface area contributed by atoms with Gasteiger partial charge < -0.3 is 0 Å². The van der Waals surface area contributed by atoms with Crippen LogP contribution >= 0.6 is 0 Å². The van der Waals surface area contributed by atoms with Crippen LogP contribution in [-0.2, 0) is 0 Å². The fourth-order valence-electron chi connectivity index (χ4n) is 1.69. The highest BCUT2D eigenvalue weighted by Crippen LogP contribution is 2.32. The zero-order chi connectivity index (χ0) is 6.85.